The average Bonchev–Trinajstić information content (AvgIpc) is 2.64. The van der Waals surface area contributed by atoms with Gasteiger partial charge in [-0.2, -0.15) is 0 Å². The van der Waals surface area contributed by atoms with Crippen LogP contribution in [0.1, 0.15) is 32.4 Å². The molecule has 1 aliphatic heterocycles. The standard InChI is InChI=1S/C14H18N4O2/c1-8(2)18-12(13(15)17-14(18)20)10-4-6-11(7-5-10)16-9(3)19/h4-8,12H,1-3H3,(H,16,19)(H2,15,17,20). The van der Waals surface area contributed by atoms with E-state index in [-0.39, 0.29) is 23.8 Å². The first kappa shape index (κ1) is 14.0. The summed E-state index contributed by atoms with van der Waals surface area (Å²) in [6.45, 7) is 5.28. The predicted molar refractivity (Wildman–Crippen MR) is 76.7 cm³/mol. The van der Waals surface area contributed by atoms with Gasteiger partial charge in [0.25, 0.3) is 0 Å². The summed E-state index contributed by atoms with van der Waals surface area (Å²) >= 11 is 0. The summed E-state index contributed by atoms with van der Waals surface area (Å²) in [6, 6.07) is 6.53. The Morgan fingerprint density at radius 2 is 1.95 bits per heavy atom. The predicted octanol–water partition coefficient (Wildman–Crippen LogP) is 2.10. The fraction of sp³-hybridized carbons (Fsp3) is 0.357. The average molecular weight is 274 g/mol. The van der Waals surface area contributed by atoms with Crippen molar-refractivity contribution in [3.8, 4) is 0 Å². The zero-order valence-corrected chi connectivity index (χ0v) is 11.7. The molecule has 6 heteroatoms. The summed E-state index contributed by atoms with van der Waals surface area (Å²) in [6.07, 6.45) is 0. The Kier molecular flexibility index (Phi) is 3.74. The molecule has 0 saturated carbocycles. The summed E-state index contributed by atoms with van der Waals surface area (Å²) < 4.78 is 0. The molecule has 106 valence electrons. The summed E-state index contributed by atoms with van der Waals surface area (Å²) in [7, 11) is 0. The molecular formula is C14H18N4O2. The number of carbonyl (C=O) groups is 2. The highest BCUT2D eigenvalue weighted by Crippen LogP contribution is 2.28. The van der Waals surface area contributed by atoms with Crippen LogP contribution >= 0.6 is 0 Å². The highest BCUT2D eigenvalue weighted by Gasteiger charge is 2.38. The monoisotopic (exact) mass is 274 g/mol. The first-order valence-corrected chi connectivity index (χ1v) is 6.45. The molecule has 20 heavy (non-hydrogen) atoms. The van der Waals surface area contributed by atoms with Gasteiger partial charge in [0.1, 0.15) is 11.9 Å². The van der Waals surface area contributed by atoms with Gasteiger partial charge in [-0.15, -0.1) is 0 Å². The number of nitrogens with one attached hydrogen (secondary N) is 3. The minimum absolute atomic E-state index is 0.00197. The molecule has 0 spiro atoms. The molecule has 0 radical (unpaired) electrons. The minimum atomic E-state index is -0.395. The molecule has 1 saturated heterocycles. The van der Waals surface area contributed by atoms with Crippen LogP contribution in [-0.2, 0) is 4.79 Å². The van der Waals surface area contributed by atoms with Gasteiger partial charge in [-0.25, -0.2) is 4.79 Å². The lowest BCUT2D eigenvalue weighted by Gasteiger charge is -2.26. The van der Waals surface area contributed by atoms with E-state index in [2.05, 4.69) is 10.6 Å². The van der Waals surface area contributed by atoms with Gasteiger partial charge in [0.15, 0.2) is 0 Å². The number of nitrogens with zero attached hydrogens (tertiary/aromatic N) is 1. The SMILES string of the molecule is CC(=O)Nc1ccc(C2C(=N)NC(=O)N2C(C)C)cc1. The van der Waals surface area contributed by atoms with Crippen LogP contribution in [0.15, 0.2) is 24.3 Å². The quantitative estimate of drug-likeness (QED) is 0.788. The number of amidine groups is 1. The maximum atomic E-state index is 11.8. The smallest absolute Gasteiger partial charge is 0.323 e. The van der Waals surface area contributed by atoms with E-state index in [1.54, 1.807) is 17.0 Å². The third-order valence-electron chi connectivity index (χ3n) is 3.13. The van der Waals surface area contributed by atoms with Crippen LogP contribution in [0.25, 0.3) is 0 Å². The Bertz CT molecular complexity index is 551. The van der Waals surface area contributed by atoms with Gasteiger partial charge in [0, 0.05) is 18.7 Å². The second-order valence-electron chi connectivity index (χ2n) is 5.05. The molecule has 1 aromatic rings. The van der Waals surface area contributed by atoms with Crippen molar-refractivity contribution in [2.45, 2.75) is 32.9 Å². The topological polar surface area (TPSA) is 85.3 Å². The fourth-order valence-corrected chi connectivity index (χ4v) is 2.32. The first-order valence-electron chi connectivity index (χ1n) is 6.45. The van der Waals surface area contributed by atoms with Gasteiger partial charge in [-0.1, -0.05) is 12.1 Å². The molecule has 1 aromatic carbocycles. The van der Waals surface area contributed by atoms with E-state index in [0.29, 0.717) is 5.69 Å². The molecular weight excluding hydrogens is 256 g/mol. The maximum Gasteiger partial charge on any atom is 0.323 e. The van der Waals surface area contributed by atoms with Crippen LogP contribution in [0.3, 0.4) is 0 Å². The third-order valence-corrected chi connectivity index (χ3v) is 3.13. The van der Waals surface area contributed by atoms with E-state index in [0.717, 1.165) is 5.56 Å². The Morgan fingerprint density at radius 3 is 2.45 bits per heavy atom. The lowest BCUT2D eigenvalue weighted by Crippen LogP contribution is -2.35. The van der Waals surface area contributed by atoms with Crippen LogP contribution in [0.4, 0.5) is 10.5 Å². The molecule has 1 atom stereocenters. The number of urea groups is 1. The molecule has 1 heterocycles. The van der Waals surface area contributed by atoms with E-state index < -0.39 is 6.04 Å². The van der Waals surface area contributed by atoms with Crippen molar-refractivity contribution < 1.29 is 9.59 Å². The molecule has 1 fully saturated rings. The molecule has 6 nitrogen and oxygen atoms in total. The van der Waals surface area contributed by atoms with Crippen molar-refractivity contribution in [1.29, 1.82) is 5.41 Å². The summed E-state index contributed by atoms with van der Waals surface area (Å²) in [4.78, 5) is 24.5. The molecule has 3 amide bonds. The highest BCUT2D eigenvalue weighted by molar-refractivity contribution is 6.06. The van der Waals surface area contributed by atoms with Gasteiger partial charge >= 0.3 is 6.03 Å². The van der Waals surface area contributed by atoms with Crippen molar-refractivity contribution in [2.75, 3.05) is 5.32 Å². The fourth-order valence-electron chi connectivity index (χ4n) is 2.32. The molecule has 0 aliphatic carbocycles. The maximum absolute atomic E-state index is 11.8. The normalized spacial score (nSPS) is 18.4. The van der Waals surface area contributed by atoms with E-state index in [1.165, 1.54) is 6.92 Å². The number of rotatable bonds is 3. The molecule has 0 bridgehead atoms. The number of anilines is 1. The van der Waals surface area contributed by atoms with Gasteiger partial charge < -0.3 is 10.2 Å². The van der Waals surface area contributed by atoms with Gasteiger partial charge in [0.05, 0.1) is 0 Å². The zero-order chi connectivity index (χ0) is 14.9. The Balaban J connectivity index is 2.27. The van der Waals surface area contributed by atoms with E-state index in [1.807, 2.05) is 26.0 Å². The summed E-state index contributed by atoms with van der Waals surface area (Å²) in [5, 5.41) is 13.2. The number of carbonyl (C=O) groups excluding carboxylic acids is 2. The summed E-state index contributed by atoms with van der Waals surface area (Å²) in [5.74, 6) is 0.0444. The van der Waals surface area contributed by atoms with Crippen LogP contribution in [0.5, 0.6) is 0 Å². The molecule has 0 aromatic heterocycles. The zero-order valence-electron chi connectivity index (χ0n) is 11.7. The number of amides is 3. The van der Waals surface area contributed by atoms with Gasteiger partial charge in [-0.05, 0) is 31.5 Å². The number of hydrogen-bond donors (Lipinski definition) is 3. The lowest BCUT2D eigenvalue weighted by molar-refractivity contribution is -0.114. The minimum Gasteiger partial charge on any atom is -0.326 e. The van der Waals surface area contributed by atoms with Crippen molar-refractivity contribution in [3.63, 3.8) is 0 Å². The Hall–Kier alpha value is -2.37. The largest absolute Gasteiger partial charge is 0.326 e. The molecule has 2 rings (SSSR count). The third kappa shape index (κ3) is 2.64. The second kappa shape index (κ2) is 5.32. The molecule has 3 N–H and O–H groups in total. The van der Waals surface area contributed by atoms with Crippen LogP contribution in [0, 0.1) is 5.41 Å². The van der Waals surface area contributed by atoms with Crippen LogP contribution < -0.4 is 10.6 Å². The molecule has 1 unspecified atom stereocenters. The summed E-state index contributed by atoms with van der Waals surface area (Å²) in [5.41, 5.74) is 1.54. The Labute approximate surface area is 117 Å². The van der Waals surface area contributed by atoms with Crippen molar-refractivity contribution in [3.05, 3.63) is 29.8 Å². The van der Waals surface area contributed by atoms with E-state index in [4.69, 9.17) is 5.41 Å². The highest BCUT2D eigenvalue weighted by atomic mass is 16.2. The van der Waals surface area contributed by atoms with Gasteiger partial charge in [0.2, 0.25) is 5.91 Å². The van der Waals surface area contributed by atoms with E-state index in [9.17, 15) is 9.59 Å². The number of hydrogen-bond acceptors (Lipinski definition) is 3. The van der Waals surface area contributed by atoms with Gasteiger partial charge in [-0.3, -0.25) is 15.5 Å². The first-order chi connectivity index (χ1) is 9.40. The van der Waals surface area contributed by atoms with Crippen LogP contribution in [-0.4, -0.2) is 28.7 Å². The second-order valence-corrected chi connectivity index (χ2v) is 5.05. The Morgan fingerprint density at radius 1 is 1.35 bits per heavy atom. The van der Waals surface area contributed by atoms with Crippen molar-refractivity contribution in [2.24, 2.45) is 0 Å². The van der Waals surface area contributed by atoms with Crippen molar-refractivity contribution >= 4 is 23.5 Å². The number of benzene rings is 1. The van der Waals surface area contributed by atoms with Crippen LogP contribution in [0.2, 0.25) is 0 Å². The lowest BCUT2D eigenvalue weighted by atomic mass is 10.0. The molecule has 1 aliphatic rings. The van der Waals surface area contributed by atoms with Crippen molar-refractivity contribution in [1.82, 2.24) is 10.2 Å². The van der Waals surface area contributed by atoms with E-state index >= 15 is 0 Å².